The lowest BCUT2D eigenvalue weighted by molar-refractivity contribution is 0.102. The molecule has 23 heavy (non-hydrogen) atoms. The molecular formula is C18H16BrN3O. The highest BCUT2D eigenvalue weighted by atomic mass is 79.9. The molecule has 1 N–H and O–H groups in total. The van der Waals surface area contributed by atoms with Crippen molar-refractivity contribution in [2.24, 2.45) is 0 Å². The van der Waals surface area contributed by atoms with Crippen LogP contribution in [-0.4, -0.2) is 15.7 Å². The summed E-state index contributed by atoms with van der Waals surface area (Å²) in [6.07, 6.45) is 3.67. The molecule has 0 fully saturated rings. The van der Waals surface area contributed by atoms with Gasteiger partial charge in [-0.15, -0.1) is 0 Å². The second-order valence-corrected chi connectivity index (χ2v) is 6.23. The van der Waals surface area contributed by atoms with Gasteiger partial charge >= 0.3 is 0 Å². The number of rotatable bonds is 4. The molecule has 116 valence electrons. The molecule has 0 aliphatic heterocycles. The lowest BCUT2D eigenvalue weighted by Gasteiger charge is -2.09. The Kier molecular flexibility index (Phi) is 4.57. The fourth-order valence-electron chi connectivity index (χ4n) is 2.30. The molecule has 1 heterocycles. The number of aryl methyl sites for hydroxylation is 1. The monoisotopic (exact) mass is 369 g/mol. The van der Waals surface area contributed by atoms with Crippen LogP contribution in [0.15, 0.2) is 65.4 Å². The van der Waals surface area contributed by atoms with Gasteiger partial charge in [-0.25, -0.2) is 0 Å². The number of hydrogen-bond donors (Lipinski definition) is 1. The quantitative estimate of drug-likeness (QED) is 0.746. The van der Waals surface area contributed by atoms with Crippen molar-refractivity contribution >= 4 is 27.5 Å². The van der Waals surface area contributed by atoms with Gasteiger partial charge in [0.05, 0.1) is 6.54 Å². The number of anilines is 1. The summed E-state index contributed by atoms with van der Waals surface area (Å²) < 4.78 is 2.84. The highest BCUT2D eigenvalue weighted by Crippen LogP contribution is 2.20. The number of aromatic nitrogens is 2. The Morgan fingerprint density at radius 2 is 2.00 bits per heavy atom. The molecule has 1 aromatic heterocycles. The average molecular weight is 370 g/mol. The second kappa shape index (κ2) is 6.79. The van der Waals surface area contributed by atoms with Gasteiger partial charge in [-0.1, -0.05) is 28.1 Å². The summed E-state index contributed by atoms with van der Waals surface area (Å²) in [4.78, 5) is 12.3. The van der Waals surface area contributed by atoms with E-state index in [2.05, 4.69) is 26.3 Å². The standard InChI is InChI=1S/C18H16BrN3O/c1-13-11-16(19)7-8-17(13)21-18(23)15-5-3-14(4-6-15)12-22-10-2-9-20-22/h2-11H,12H2,1H3,(H,21,23). The van der Waals surface area contributed by atoms with E-state index in [1.807, 2.05) is 66.3 Å². The SMILES string of the molecule is Cc1cc(Br)ccc1NC(=O)c1ccc(Cn2cccn2)cc1. The Balaban J connectivity index is 1.70. The van der Waals surface area contributed by atoms with Crippen molar-refractivity contribution in [2.75, 3.05) is 5.32 Å². The maximum absolute atomic E-state index is 12.3. The predicted octanol–water partition coefficient (Wildman–Crippen LogP) is 4.25. The Morgan fingerprint density at radius 3 is 2.65 bits per heavy atom. The van der Waals surface area contributed by atoms with Crippen LogP contribution in [-0.2, 0) is 6.54 Å². The molecule has 1 amide bonds. The predicted molar refractivity (Wildman–Crippen MR) is 94.6 cm³/mol. The molecule has 0 unspecified atom stereocenters. The first-order valence-corrected chi connectivity index (χ1v) is 8.05. The third-order valence-electron chi connectivity index (χ3n) is 3.56. The molecule has 0 aliphatic carbocycles. The van der Waals surface area contributed by atoms with E-state index in [1.165, 1.54) is 0 Å². The van der Waals surface area contributed by atoms with Crippen molar-refractivity contribution < 1.29 is 4.79 Å². The van der Waals surface area contributed by atoms with Crippen LogP contribution in [0.1, 0.15) is 21.5 Å². The third-order valence-corrected chi connectivity index (χ3v) is 4.05. The Morgan fingerprint density at radius 1 is 1.22 bits per heavy atom. The summed E-state index contributed by atoms with van der Waals surface area (Å²) in [7, 11) is 0. The van der Waals surface area contributed by atoms with Crippen LogP contribution in [0.2, 0.25) is 0 Å². The normalized spacial score (nSPS) is 10.5. The molecule has 0 radical (unpaired) electrons. The zero-order chi connectivity index (χ0) is 16.2. The number of carbonyl (C=O) groups is 1. The molecule has 0 aliphatic rings. The minimum Gasteiger partial charge on any atom is -0.322 e. The number of amides is 1. The molecular weight excluding hydrogens is 354 g/mol. The Bertz CT molecular complexity index is 811. The van der Waals surface area contributed by atoms with Crippen molar-refractivity contribution in [1.82, 2.24) is 9.78 Å². The Hall–Kier alpha value is -2.40. The fourth-order valence-corrected chi connectivity index (χ4v) is 2.78. The molecule has 2 aromatic carbocycles. The highest BCUT2D eigenvalue weighted by molar-refractivity contribution is 9.10. The van der Waals surface area contributed by atoms with Crippen LogP contribution in [0.4, 0.5) is 5.69 Å². The van der Waals surface area contributed by atoms with Gasteiger partial charge in [-0.3, -0.25) is 9.48 Å². The molecule has 0 saturated carbocycles. The van der Waals surface area contributed by atoms with Gasteiger partial charge in [0.25, 0.3) is 5.91 Å². The van der Waals surface area contributed by atoms with E-state index in [0.29, 0.717) is 12.1 Å². The van der Waals surface area contributed by atoms with Gasteiger partial charge in [0.1, 0.15) is 0 Å². The lowest BCUT2D eigenvalue weighted by Crippen LogP contribution is -2.13. The third kappa shape index (κ3) is 3.87. The number of carbonyl (C=O) groups excluding carboxylic acids is 1. The van der Waals surface area contributed by atoms with E-state index in [1.54, 1.807) is 6.20 Å². The summed E-state index contributed by atoms with van der Waals surface area (Å²) in [5, 5.41) is 7.12. The average Bonchev–Trinajstić information content (AvgIpc) is 3.04. The van der Waals surface area contributed by atoms with Crippen LogP contribution in [0.3, 0.4) is 0 Å². The van der Waals surface area contributed by atoms with Crippen LogP contribution in [0, 0.1) is 6.92 Å². The van der Waals surface area contributed by atoms with E-state index >= 15 is 0 Å². The molecule has 0 atom stereocenters. The van der Waals surface area contributed by atoms with E-state index in [0.717, 1.165) is 21.3 Å². The number of nitrogens with one attached hydrogen (secondary N) is 1. The molecule has 5 heteroatoms. The van der Waals surface area contributed by atoms with Gasteiger partial charge in [0.2, 0.25) is 0 Å². The van der Waals surface area contributed by atoms with Gasteiger partial charge in [0.15, 0.2) is 0 Å². The number of benzene rings is 2. The summed E-state index contributed by atoms with van der Waals surface area (Å²) in [6, 6.07) is 15.2. The number of hydrogen-bond acceptors (Lipinski definition) is 2. The second-order valence-electron chi connectivity index (χ2n) is 5.31. The first kappa shape index (κ1) is 15.5. The van der Waals surface area contributed by atoms with Gasteiger partial charge in [-0.05, 0) is 54.4 Å². The fraction of sp³-hybridized carbons (Fsp3) is 0.111. The van der Waals surface area contributed by atoms with E-state index in [4.69, 9.17) is 0 Å². The molecule has 0 saturated heterocycles. The topological polar surface area (TPSA) is 46.9 Å². The number of halogens is 1. The van der Waals surface area contributed by atoms with Crippen molar-refractivity contribution in [2.45, 2.75) is 13.5 Å². The first-order valence-electron chi connectivity index (χ1n) is 7.26. The highest BCUT2D eigenvalue weighted by Gasteiger charge is 2.08. The minimum absolute atomic E-state index is 0.110. The zero-order valence-electron chi connectivity index (χ0n) is 12.7. The van der Waals surface area contributed by atoms with Crippen LogP contribution >= 0.6 is 15.9 Å². The summed E-state index contributed by atoms with van der Waals surface area (Å²) >= 11 is 3.42. The first-order chi connectivity index (χ1) is 11.1. The van der Waals surface area contributed by atoms with Crippen molar-refractivity contribution in [3.8, 4) is 0 Å². The largest absolute Gasteiger partial charge is 0.322 e. The van der Waals surface area contributed by atoms with Gasteiger partial charge < -0.3 is 5.32 Å². The van der Waals surface area contributed by atoms with Crippen LogP contribution in [0.25, 0.3) is 0 Å². The van der Waals surface area contributed by atoms with Gasteiger partial charge in [0, 0.05) is 28.1 Å². The van der Waals surface area contributed by atoms with Crippen molar-refractivity contribution in [3.05, 3.63) is 82.1 Å². The van der Waals surface area contributed by atoms with Crippen LogP contribution in [0.5, 0.6) is 0 Å². The lowest BCUT2D eigenvalue weighted by atomic mass is 10.1. The maximum atomic E-state index is 12.3. The Labute approximate surface area is 143 Å². The van der Waals surface area contributed by atoms with Crippen LogP contribution < -0.4 is 5.32 Å². The minimum atomic E-state index is -0.110. The maximum Gasteiger partial charge on any atom is 0.255 e. The van der Waals surface area contributed by atoms with Gasteiger partial charge in [-0.2, -0.15) is 5.10 Å². The van der Waals surface area contributed by atoms with E-state index in [-0.39, 0.29) is 5.91 Å². The molecule has 3 aromatic rings. The smallest absolute Gasteiger partial charge is 0.255 e. The summed E-state index contributed by atoms with van der Waals surface area (Å²) in [5.74, 6) is -0.110. The summed E-state index contributed by atoms with van der Waals surface area (Å²) in [6.45, 7) is 2.66. The summed E-state index contributed by atoms with van der Waals surface area (Å²) in [5.41, 5.74) is 3.57. The zero-order valence-corrected chi connectivity index (χ0v) is 14.2. The molecule has 0 spiro atoms. The van der Waals surface area contributed by atoms with Crippen molar-refractivity contribution in [1.29, 1.82) is 0 Å². The molecule has 3 rings (SSSR count). The number of nitrogens with zero attached hydrogens (tertiary/aromatic N) is 2. The van der Waals surface area contributed by atoms with Crippen molar-refractivity contribution in [3.63, 3.8) is 0 Å². The van der Waals surface area contributed by atoms with E-state index < -0.39 is 0 Å². The molecule has 4 nitrogen and oxygen atoms in total. The van der Waals surface area contributed by atoms with E-state index in [9.17, 15) is 4.79 Å². The molecule has 0 bridgehead atoms.